The van der Waals surface area contributed by atoms with Crippen LogP contribution in [0.2, 0.25) is 0 Å². The molecule has 0 saturated carbocycles. The molecule has 0 saturated heterocycles. The van der Waals surface area contributed by atoms with Gasteiger partial charge in [-0.25, -0.2) is 19.9 Å². The van der Waals surface area contributed by atoms with Crippen molar-refractivity contribution < 1.29 is 0 Å². The molecule has 0 fully saturated rings. The van der Waals surface area contributed by atoms with Gasteiger partial charge in [-0.05, 0) is 25.1 Å². The Hall–Kier alpha value is -2.01. The van der Waals surface area contributed by atoms with Crippen LogP contribution in [0.4, 0.5) is 0 Å². The summed E-state index contributed by atoms with van der Waals surface area (Å²) in [6.07, 6.45) is 5.01. The topological polar surface area (TPSA) is 56.5 Å². The quantitative estimate of drug-likeness (QED) is 0.688. The molecule has 1 atom stereocenters. The SMILES string of the molecule is CC(Cl)c1nc2cccnc2n1Cc1ccncn1. The molecule has 0 amide bonds. The predicted molar refractivity (Wildman–Crippen MR) is 72.9 cm³/mol. The lowest BCUT2D eigenvalue weighted by Gasteiger charge is -2.09. The minimum atomic E-state index is -0.184. The molecule has 0 aromatic carbocycles. The van der Waals surface area contributed by atoms with Crippen molar-refractivity contribution in [2.24, 2.45) is 0 Å². The standard InChI is InChI=1S/C13H12ClN5/c1-9(14)12-18-11-3-2-5-16-13(11)19(12)7-10-4-6-15-8-17-10/h2-6,8-9H,7H2,1H3. The monoisotopic (exact) mass is 273 g/mol. The fourth-order valence-electron chi connectivity index (χ4n) is 2.01. The first-order valence-electron chi connectivity index (χ1n) is 5.96. The molecular formula is C13H12ClN5. The second kappa shape index (κ2) is 4.93. The Bertz CT molecular complexity index is 693. The molecule has 0 aliphatic rings. The van der Waals surface area contributed by atoms with Crippen LogP contribution in [-0.4, -0.2) is 24.5 Å². The van der Waals surface area contributed by atoms with Crippen LogP contribution in [-0.2, 0) is 6.54 Å². The molecule has 0 aliphatic carbocycles. The molecule has 3 rings (SSSR count). The molecule has 0 aliphatic heterocycles. The summed E-state index contributed by atoms with van der Waals surface area (Å²) in [6.45, 7) is 2.49. The molecule has 19 heavy (non-hydrogen) atoms. The van der Waals surface area contributed by atoms with Gasteiger partial charge in [-0.3, -0.25) is 0 Å². The van der Waals surface area contributed by atoms with Gasteiger partial charge in [0.2, 0.25) is 0 Å². The summed E-state index contributed by atoms with van der Waals surface area (Å²) < 4.78 is 2.00. The first kappa shape index (κ1) is 12.0. The summed E-state index contributed by atoms with van der Waals surface area (Å²) in [7, 11) is 0. The molecule has 0 N–H and O–H groups in total. The van der Waals surface area contributed by atoms with Crippen LogP contribution in [0.1, 0.15) is 23.8 Å². The van der Waals surface area contributed by atoms with Crippen molar-refractivity contribution >= 4 is 22.8 Å². The Labute approximate surface area is 115 Å². The maximum absolute atomic E-state index is 6.20. The van der Waals surface area contributed by atoms with E-state index in [-0.39, 0.29) is 5.38 Å². The highest BCUT2D eigenvalue weighted by Gasteiger charge is 2.15. The number of aromatic nitrogens is 5. The molecule has 3 aromatic heterocycles. The van der Waals surface area contributed by atoms with Crippen LogP contribution in [0.15, 0.2) is 36.9 Å². The van der Waals surface area contributed by atoms with E-state index in [2.05, 4.69) is 19.9 Å². The summed E-state index contributed by atoms with van der Waals surface area (Å²) in [5, 5.41) is -0.184. The van der Waals surface area contributed by atoms with Crippen LogP contribution in [0.25, 0.3) is 11.2 Å². The number of hydrogen-bond acceptors (Lipinski definition) is 4. The number of imidazole rings is 1. The third kappa shape index (κ3) is 2.29. The smallest absolute Gasteiger partial charge is 0.160 e. The van der Waals surface area contributed by atoms with Crippen molar-refractivity contribution in [3.05, 3.63) is 48.4 Å². The maximum atomic E-state index is 6.20. The summed E-state index contributed by atoms with van der Waals surface area (Å²) in [4.78, 5) is 17.1. The van der Waals surface area contributed by atoms with Gasteiger partial charge >= 0.3 is 0 Å². The van der Waals surface area contributed by atoms with Crippen molar-refractivity contribution in [3.8, 4) is 0 Å². The Morgan fingerprint density at radius 2 is 2.16 bits per heavy atom. The molecule has 5 nitrogen and oxygen atoms in total. The number of rotatable bonds is 3. The number of pyridine rings is 1. The molecular weight excluding hydrogens is 262 g/mol. The van der Waals surface area contributed by atoms with Crippen LogP contribution in [0.3, 0.4) is 0 Å². The third-order valence-corrected chi connectivity index (χ3v) is 3.05. The average Bonchev–Trinajstić information content (AvgIpc) is 2.79. The van der Waals surface area contributed by atoms with Crippen LogP contribution in [0.5, 0.6) is 0 Å². The fourth-order valence-corrected chi connectivity index (χ4v) is 2.18. The maximum Gasteiger partial charge on any atom is 0.160 e. The summed E-state index contributed by atoms with van der Waals surface area (Å²) in [5.41, 5.74) is 2.57. The number of halogens is 1. The number of hydrogen-bond donors (Lipinski definition) is 0. The van der Waals surface area contributed by atoms with Crippen molar-refractivity contribution in [1.82, 2.24) is 24.5 Å². The zero-order chi connectivity index (χ0) is 13.2. The van der Waals surface area contributed by atoms with Crippen LogP contribution < -0.4 is 0 Å². The highest BCUT2D eigenvalue weighted by Crippen LogP contribution is 2.23. The summed E-state index contributed by atoms with van der Waals surface area (Å²) >= 11 is 6.20. The second-order valence-corrected chi connectivity index (χ2v) is 4.87. The zero-order valence-corrected chi connectivity index (χ0v) is 11.1. The van der Waals surface area contributed by atoms with Gasteiger partial charge in [0.25, 0.3) is 0 Å². The van der Waals surface area contributed by atoms with Gasteiger partial charge < -0.3 is 4.57 Å². The van der Waals surface area contributed by atoms with Crippen molar-refractivity contribution in [3.63, 3.8) is 0 Å². The van der Waals surface area contributed by atoms with Crippen molar-refractivity contribution in [2.75, 3.05) is 0 Å². The Morgan fingerprint density at radius 3 is 2.89 bits per heavy atom. The minimum absolute atomic E-state index is 0.184. The largest absolute Gasteiger partial charge is 0.305 e. The van der Waals surface area contributed by atoms with E-state index in [1.54, 1.807) is 12.4 Å². The predicted octanol–water partition coefficient (Wildman–Crippen LogP) is 2.57. The average molecular weight is 274 g/mol. The van der Waals surface area contributed by atoms with Crippen molar-refractivity contribution in [1.29, 1.82) is 0 Å². The second-order valence-electron chi connectivity index (χ2n) is 4.22. The van der Waals surface area contributed by atoms with Gasteiger partial charge in [-0.1, -0.05) is 0 Å². The van der Waals surface area contributed by atoms with E-state index in [4.69, 9.17) is 11.6 Å². The van der Waals surface area contributed by atoms with Gasteiger partial charge in [-0.15, -0.1) is 11.6 Å². The molecule has 0 spiro atoms. The molecule has 0 bridgehead atoms. The summed E-state index contributed by atoms with van der Waals surface area (Å²) in [6, 6.07) is 5.67. The lowest BCUT2D eigenvalue weighted by atomic mass is 10.3. The molecule has 0 radical (unpaired) electrons. The lowest BCUT2D eigenvalue weighted by Crippen LogP contribution is -2.07. The third-order valence-electron chi connectivity index (χ3n) is 2.85. The van der Waals surface area contributed by atoms with Crippen LogP contribution >= 0.6 is 11.6 Å². The molecule has 6 heteroatoms. The number of alkyl halides is 1. The zero-order valence-electron chi connectivity index (χ0n) is 10.4. The van der Waals surface area contributed by atoms with E-state index in [0.717, 1.165) is 22.7 Å². The molecule has 3 aromatic rings. The number of nitrogens with zero attached hydrogens (tertiary/aromatic N) is 5. The highest BCUT2D eigenvalue weighted by molar-refractivity contribution is 6.20. The Balaban J connectivity index is 2.12. The fraction of sp³-hybridized carbons (Fsp3) is 0.231. The van der Waals surface area contributed by atoms with Crippen LogP contribution in [0, 0.1) is 0 Å². The Morgan fingerprint density at radius 1 is 1.26 bits per heavy atom. The van der Waals surface area contributed by atoms with E-state index < -0.39 is 0 Å². The van der Waals surface area contributed by atoms with Gasteiger partial charge in [0.15, 0.2) is 5.65 Å². The molecule has 1 unspecified atom stereocenters. The normalized spacial score (nSPS) is 12.7. The van der Waals surface area contributed by atoms with Gasteiger partial charge in [0.05, 0.1) is 17.6 Å². The molecule has 3 heterocycles. The highest BCUT2D eigenvalue weighted by atomic mass is 35.5. The number of fused-ring (bicyclic) bond motifs is 1. The molecule has 96 valence electrons. The summed E-state index contributed by atoms with van der Waals surface area (Å²) in [5.74, 6) is 0.800. The van der Waals surface area contributed by atoms with Gasteiger partial charge in [0.1, 0.15) is 17.7 Å². The van der Waals surface area contributed by atoms with E-state index in [9.17, 15) is 0 Å². The van der Waals surface area contributed by atoms with E-state index in [1.165, 1.54) is 6.33 Å². The van der Waals surface area contributed by atoms with Gasteiger partial charge in [-0.2, -0.15) is 0 Å². The van der Waals surface area contributed by atoms with E-state index in [1.807, 2.05) is 29.7 Å². The van der Waals surface area contributed by atoms with Crippen molar-refractivity contribution in [2.45, 2.75) is 18.8 Å². The van der Waals surface area contributed by atoms with E-state index in [0.29, 0.717) is 6.54 Å². The first-order valence-corrected chi connectivity index (χ1v) is 6.39. The minimum Gasteiger partial charge on any atom is -0.305 e. The Kier molecular flexibility index (Phi) is 3.13. The lowest BCUT2D eigenvalue weighted by molar-refractivity contribution is 0.719. The van der Waals surface area contributed by atoms with Gasteiger partial charge in [0, 0.05) is 12.4 Å². The van der Waals surface area contributed by atoms with E-state index >= 15 is 0 Å². The first-order chi connectivity index (χ1) is 9.25.